The van der Waals surface area contributed by atoms with E-state index in [1.165, 1.54) is 19.4 Å². The number of rotatable bonds is 1. The van der Waals surface area contributed by atoms with Gasteiger partial charge in [0.25, 0.3) is 0 Å². The fourth-order valence-electron chi connectivity index (χ4n) is 1.34. The lowest BCUT2D eigenvalue weighted by Crippen LogP contribution is -2.05. The molecule has 6 heteroatoms. The molecule has 1 aromatic heterocycles. The van der Waals surface area contributed by atoms with Crippen LogP contribution in [0.25, 0.3) is 10.1 Å². The van der Waals surface area contributed by atoms with Gasteiger partial charge in [0.05, 0.1) is 17.4 Å². The van der Waals surface area contributed by atoms with Crippen molar-refractivity contribution in [3.63, 3.8) is 0 Å². The summed E-state index contributed by atoms with van der Waals surface area (Å²) in [7, 11) is 1.42. The summed E-state index contributed by atoms with van der Waals surface area (Å²) in [4.78, 5) is 0. The summed E-state index contributed by atoms with van der Waals surface area (Å²) in [5, 5.41) is 0.0897. The van der Waals surface area contributed by atoms with Gasteiger partial charge in [-0.1, -0.05) is 0 Å². The second kappa shape index (κ2) is 3.37. The predicted octanol–water partition coefficient (Wildman–Crippen LogP) is 3.32. The maximum absolute atomic E-state index is 12.6. The Morgan fingerprint density at radius 3 is 2.67 bits per heavy atom. The first-order valence-electron chi connectivity index (χ1n) is 4.02. The van der Waals surface area contributed by atoms with Crippen molar-refractivity contribution in [3.05, 3.63) is 23.9 Å². The van der Waals surface area contributed by atoms with Crippen LogP contribution in [0.15, 0.2) is 18.3 Å². The van der Waals surface area contributed by atoms with Crippen molar-refractivity contribution in [3.8, 4) is 5.75 Å². The smallest absolute Gasteiger partial charge is 0.417 e. The van der Waals surface area contributed by atoms with E-state index >= 15 is 0 Å². The lowest BCUT2D eigenvalue weighted by molar-refractivity contribution is -0.136. The van der Waals surface area contributed by atoms with Gasteiger partial charge in [-0.2, -0.15) is 17.5 Å². The van der Waals surface area contributed by atoms with Crippen LogP contribution in [0.1, 0.15) is 5.56 Å². The van der Waals surface area contributed by atoms with E-state index in [1.54, 1.807) is 0 Å². The Morgan fingerprint density at radius 2 is 2.07 bits per heavy atom. The third-order valence-electron chi connectivity index (χ3n) is 2.01. The quantitative estimate of drug-likeness (QED) is 0.753. The molecule has 1 heterocycles. The summed E-state index contributed by atoms with van der Waals surface area (Å²) >= 11 is 0.994. The maximum Gasteiger partial charge on any atom is 0.417 e. The topological polar surface area (TPSA) is 22.1 Å². The number of nitrogens with zero attached hydrogens (tertiary/aromatic N) is 1. The molecule has 1 aromatic carbocycles. The number of methoxy groups -OCH3 is 1. The molecule has 0 amide bonds. The molecule has 0 aliphatic carbocycles. The lowest BCUT2D eigenvalue weighted by atomic mass is 10.1. The molecule has 0 saturated carbocycles. The molecule has 80 valence electrons. The van der Waals surface area contributed by atoms with Crippen LogP contribution in [0.3, 0.4) is 0 Å². The largest absolute Gasteiger partial charge is 0.495 e. The first-order valence-corrected chi connectivity index (χ1v) is 4.80. The summed E-state index contributed by atoms with van der Waals surface area (Å²) < 4.78 is 46.8. The van der Waals surface area contributed by atoms with Gasteiger partial charge in [0, 0.05) is 11.6 Å². The second-order valence-corrected chi connectivity index (χ2v) is 3.68. The molecule has 0 spiro atoms. The number of ether oxygens (including phenoxy) is 1. The summed E-state index contributed by atoms with van der Waals surface area (Å²) in [5.41, 5.74) is -0.674. The molecule has 0 aliphatic heterocycles. The van der Waals surface area contributed by atoms with Gasteiger partial charge in [0.15, 0.2) is 0 Å². The summed E-state index contributed by atoms with van der Waals surface area (Å²) in [5.74, 6) is 0.417. The van der Waals surface area contributed by atoms with E-state index in [-0.39, 0.29) is 5.39 Å². The van der Waals surface area contributed by atoms with Crippen molar-refractivity contribution in [2.24, 2.45) is 0 Å². The summed E-state index contributed by atoms with van der Waals surface area (Å²) in [6.45, 7) is 0. The molecule has 0 radical (unpaired) electrons. The van der Waals surface area contributed by atoms with Crippen LogP contribution in [0, 0.1) is 0 Å². The first kappa shape index (κ1) is 10.2. The van der Waals surface area contributed by atoms with E-state index in [0.29, 0.717) is 10.4 Å². The van der Waals surface area contributed by atoms with Crippen LogP contribution in [-0.2, 0) is 6.18 Å². The zero-order valence-electron chi connectivity index (χ0n) is 7.63. The zero-order valence-corrected chi connectivity index (χ0v) is 8.45. The van der Waals surface area contributed by atoms with Gasteiger partial charge in [-0.25, -0.2) is 0 Å². The first-order chi connectivity index (χ1) is 7.04. The molecule has 0 unspecified atom stereocenters. The number of alkyl halides is 3. The Morgan fingerprint density at radius 1 is 1.33 bits per heavy atom. The van der Waals surface area contributed by atoms with Crippen molar-refractivity contribution in [1.82, 2.24) is 4.37 Å². The van der Waals surface area contributed by atoms with E-state index in [2.05, 4.69) is 4.37 Å². The average Bonchev–Trinajstić information content (AvgIpc) is 2.62. The minimum Gasteiger partial charge on any atom is -0.495 e. The van der Waals surface area contributed by atoms with E-state index < -0.39 is 11.7 Å². The predicted molar refractivity (Wildman–Crippen MR) is 51.2 cm³/mol. The van der Waals surface area contributed by atoms with Crippen molar-refractivity contribution in [1.29, 1.82) is 0 Å². The van der Waals surface area contributed by atoms with Crippen LogP contribution in [0.2, 0.25) is 0 Å². The van der Waals surface area contributed by atoms with Gasteiger partial charge in [0.1, 0.15) is 5.75 Å². The Bertz CT molecular complexity index is 492. The molecule has 0 aliphatic rings. The minimum atomic E-state index is -4.35. The molecule has 2 rings (SSSR count). The number of fused-ring (bicyclic) bond motifs is 1. The monoisotopic (exact) mass is 233 g/mol. The normalized spacial score (nSPS) is 12.0. The average molecular weight is 233 g/mol. The van der Waals surface area contributed by atoms with Crippen LogP contribution in [0.4, 0.5) is 13.2 Å². The molecule has 0 bridgehead atoms. The van der Waals surface area contributed by atoms with Crippen LogP contribution in [0.5, 0.6) is 5.75 Å². The van der Waals surface area contributed by atoms with Gasteiger partial charge in [-0.05, 0) is 23.7 Å². The SMILES string of the molecule is COc1ccc(C(F)(F)F)c2cnsc12. The highest BCUT2D eigenvalue weighted by Crippen LogP contribution is 2.39. The molecule has 0 saturated heterocycles. The third kappa shape index (κ3) is 1.65. The highest BCUT2D eigenvalue weighted by molar-refractivity contribution is 7.13. The van der Waals surface area contributed by atoms with Crippen molar-refractivity contribution in [2.75, 3.05) is 7.11 Å². The summed E-state index contributed by atoms with van der Waals surface area (Å²) in [6.07, 6.45) is -3.14. The maximum atomic E-state index is 12.6. The Balaban J connectivity index is 2.74. The molecule has 15 heavy (non-hydrogen) atoms. The number of hydrogen-bond acceptors (Lipinski definition) is 3. The Hall–Kier alpha value is -1.30. The van der Waals surface area contributed by atoms with Crippen molar-refractivity contribution < 1.29 is 17.9 Å². The van der Waals surface area contributed by atoms with Crippen LogP contribution in [-0.4, -0.2) is 11.5 Å². The molecular weight excluding hydrogens is 227 g/mol. The Labute approximate surface area is 87.5 Å². The molecule has 2 nitrogen and oxygen atoms in total. The van der Waals surface area contributed by atoms with Gasteiger partial charge in [0.2, 0.25) is 0 Å². The number of halogens is 3. The van der Waals surface area contributed by atoms with Gasteiger partial charge in [-0.3, -0.25) is 0 Å². The van der Waals surface area contributed by atoms with Crippen LogP contribution >= 0.6 is 11.5 Å². The van der Waals surface area contributed by atoms with Crippen molar-refractivity contribution >= 4 is 21.6 Å². The number of aromatic nitrogens is 1. The molecular formula is C9H6F3NOS. The summed E-state index contributed by atoms with van der Waals surface area (Å²) in [6, 6.07) is 2.32. The molecule has 0 fully saturated rings. The highest BCUT2D eigenvalue weighted by atomic mass is 32.1. The fraction of sp³-hybridized carbons (Fsp3) is 0.222. The minimum absolute atomic E-state index is 0.0897. The number of hydrogen-bond donors (Lipinski definition) is 0. The molecule has 0 atom stereocenters. The second-order valence-electron chi connectivity index (χ2n) is 2.88. The van der Waals surface area contributed by atoms with E-state index in [0.717, 1.165) is 17.6 Å². The van der Waals surface area contributed by atoms with E-state index in [9.17, 15) is 13.2 Å². The lowest BCUT2D eigenvalue weighted by Gasteiger charge is -2.09. The third-order valence-corrected chi connectivity index (χ3v) is 2.83. The van der Waals surface area contributed by atoms with Crippen molar-refractivity contribution in [2.45, 2.75) is 6.18 Å². The zero-order chi connectivity index (χ0) is 11.1. The highest BCUT2D eigenvalue weighted by Gasteiger charge is 2.33. The standard InChI is InChI=1S/C9H6F3NOS/c1-14-7-3-2-6(9(10,11)12)5-4-13-15-8(5)7/h2-4H,1H3. The van der Waals surface area contributed by atoms with Crippen LogP contribution < -0.4 is 4.74 Å². The van der Waals surface area contributed by atoms with E-state index in [1.807, 2.05) is 0 Å². The van der Waals surface area contributed by atoms with E-state index in [4.69, 9.17) is 4.74 Å². The molecule has 0 N–H and O–H groups in total. The van der Waals surface area contributed by atoms with Gasteiger partial charge >= 0.3 is 6.18 Å². The number of benzene rings is 1. The Kier molecular flexibility index (Phi) is 2.30. The fourth-order valence-corrected chi connectivity index (χ4v) is 2.11. The van der Waals surface area contributed by atoms with Gasteiger partial charge < -0.3 is 4.74 Å². The van der Waals surface area contributed by atoms with Gasteiger partial charge in [-0.15, -0.1) is 0 Å². The molecule has 2 aromatic rings.